The molecule has 0 nitrogen and oxygen atoms in total. The van der Waals surface area contributed by atoms with E-state index in [4.69, 9.17) is 0 Å². The second-order valence-electron chi connectivity index (χ2n) is 20.2. The molecule has 0 aromatic heterocycles. The molecule has 0 aliphatic heterocycles. The molecule has 72 heavy (non-hydrogen) atoms. The Morgan fingerprint density at radius 1 is 0.153 bits per heavy atom. The molecule has 0 heterocycles. The van der Waals surface area contributed by atoms with Crippen molar-refractivity contribution < 1.29 is 0 Å². The van der Waals surface area contributed by atoms with Gasteiger partial charge in [-0.15, -0.1) is 0 Å². The van der Waals surface area contributed by atoms with Crippen molar-refractivity contribution in [1.82, 2.24) is 0 Å². The van der Waals surface area contributed by atoms with Gasteiger partial charge in [0.1, 0.15) is 0 Å². The molecule has 0 saturated carbocycles. The summed E-state index contributed by atoms with van der Waals surface area (Å²) in [6, 6.07) is 92.0. The van der Waals surface area contributed by atoms with E-state index in [2.05, 4.69) is 243 Å². The molecule has 0 unspecified atom stereocenters. The van der Waals surface area contributed by atoms with Gasteiger partial charge in [-0.3, -0.25) is 0 Å². The fourth-order valence-corrected chi connectivity index (χ4v) is 13.4. The fraction of sp³-hybridized carbons (Fsp3) is 0. The van der Waals surface area contributed by atoms with Crippen LogP contribution in [0.5, 0.6) is 0 Å². The van der Waals surface area contributed by atoms with Gasteiger partial charge in [-0.2, -0.15) is 0 Å². The maximum Gasteiger partial charge on any atom is -0.00134 e. The van der Waals surface area contributed by atoms with Crippen LogP contribution in [0, 0.1) is 0 Å². The zero-order chi connectivity index (χ0) is 46.8. The van der Waals surface area contributed by atoms with Gasteiger partial charge in [-0.1, -0.05) is 218 Å². The van der Waals surface area contributed by atoms with Gasteiger partial charge in [-0.05, 0) is 199 Å². The molecule has 2 aliphatic rings. The van der Waals surface area contributed by atoms with Gasteiger partial charge in [0.2, 0.25) is 0 Å². The van der Waals surface area contributed by atoms with E-state index in [-0.39, 0.29) is 0 Å². The van der Waals surface area contributed by atoms with Crippen molar-refractivity contribution in [3.05, 3.63) is 243 Å². The van der Waals surface area contributed by atoms with Gasteiger partial charge in [0.25, 0.3) is 0 Å². The second kappa shape index (κ2) is 14.1. The lowest BCUT2D eigenvalue weighted by Crippen LogP contribution is -1.90. The molecular formula is C72H40. The maximum atomic E-state index is 2.45. The Hall–Kier alpha value is -9.36. The van der Waals surface area contributed by atoms with E-state index in [0.29, 0.717) is 0 Å². The Kier molecular flexibility index (Phi) is 7.55. The smallest absolute Gasteiger partial charge is 0.00134 e. The summed E-state index contributed by atoms with van der Waals surface area (Å²) in [6.45, 7) is 0. The predicted molar refractivity (Wildman–Crippen MR) is 308 cm³/mol. The average Bonchev–Trinajstić information content (AvgIpc) is 3.98. The highest BCUT2D eigenvalue weighted by Crippen LogP contribution is 2.61. The summed E-state index contributed by atoms with van der Waals surface area (Å²) in [5.41, 5.74) is 20.6. The summed E-state index contributed by atoms with van der Waals surface area (Å²) >= 11 is 0. The predicted octanol–water partition coefficient (Wildman–Crippen LogP) is 20.3. The number of rotatable bonds is 4. The molecule has 0 N–H and O–H groups in total. The summed E-state index contributed by atoms with van der Waals surface area (Å²) in [5.74, 6) is 0. The highest BCUT2D eigenvalue weighted by molar-refractivity contribution is 6.41. The van der Waals surface area contributed by atoms with Gasteiger partial charge < -0.3 is 0 Å². The van der Waals surface area contributed by atoms with Crippen LogP contribution in [-0.4, -0.2) is 0 Å². The third-order valence-electron chi connectivity index (χ3n) is 16.6. The number of benzene rings is 15. The van der Waals surface area contributed by atoms with Crippen molar-refractivity contribution in [3.8, 4) is 89.0 Å². The van der Waals surface area contributed by atoms with Crippen LogP contribution in [0.25, 0.3) is 175 Å². The first-order valence-electron chi connectivity index (χ1n) is 25.2. The van der Waals surface area contributed by atoms with Crippen molar-refractivity contribution in [2.75, 3.05) is 0 Å². The molecule has 0 atom stereocenters. The van der Waals surface area contributed by atoms with E-state index in [9.17, 15) is 0 Å². The van der Waals surface area contributed by atoms with Gasteiger partial charge >= 0.3 is 0 Å². The molecule has 328 valence electrons. The zero-order valence-corrected chi connectivity index (χ0v) is 39.1. The lowest BCUT2D eigenvalue weighted by Gasteiger charge is -2.17. The molecular weight excluding hydrogens is 865 g/mol. The molecule has 0 spiro atoms. The highest BCUT2D eigenvalue weighted by atomic mass is 14.4. The van der Waals surface area contributed by atoms with E-state index >= 15 is 0 Å². The summed E-state index contributed by atoms with van der Waals surface area (Å²) in [5, 5.41) is 20.7. The Morgan fingerprint density at radius 2 is 0.375 bits per heavy atom. The highest BCUT2D eigenvalue weighted by Gasteiger charge is 2.33. The van der Waals surface area contributed by atoms with Crippen LogP contribution in [0.1, 0.15) is 0 Å². The van der Waals surface area contributed by atoms with Crippen LogP contribution in [-0.2, 0) is 0 Å². The van der Waals surface area contributed by atoms with Gasteiger partial charge in [0.05, 0.1) is 0 Å². The SMILES string of the molecule is c1ccc2cc(-c3ccc(-c4ccc5ccccc5c4)c4c3-c3ccc5c6ccc7c8c(ccc(c9ccc-4c3c59)c86)-c3c(-c4ccc5ccccc5c4)ccc(-c4ccc5ccccc5c4)c3-7)ccc2c1. The van der Waals surface area contributed by atoms with Gasteiger partial charge in [-0.25, -0.2) is 0 Å². The Labute approximate surface area is 415 Å². The van der Waals surface area contributed by atoms with Crippen LogP contribution < -0.4 is 0 Å². The summed E-state index contributed by atoms with van der Waals surface area (Å²) in [7, 11) is 0. The lowest BCUT2D eigenvalue weighted by molar-refractivity contribution is 1.61. The molecule has 0 fully saturated rings. The fourth-order valence-electron chi connectivity index (χ4n) is 13.4. The second-order valence-corrected chi connectivity index (χ2v) is 20.2. The normalized spacial score (nSPS) is 12.4. The lowest BCUT2D eigenvalue weighted by atomic mass is 9.86. The van der Waals surface area contributed by atoms with Gasteiger partial charge in [0.15, 0.2) is 0 Å². The first-order chi connectivity index (χ1) is 35.7. The minimum Gasteiger partial charge on any atom is -0.0616 e. The summed E-state index contributed by atoms with van der Waals surface area (Å²) in [4.78, 5) is 0. The molecule has 17 rings (SSSR count). The van der Waals surface area contributed by atoms with E-state index < -0.39 is 0 Å². The zero-order valence-electron chi connectivity index (χ0n) is 39.1. The van der Waals surface area contributed by atoms with Crippen LogP contribution >= 0.6 is 0 Å². The van der Waals surface area contributed by atoms with E-state index in [0.717, 1.165) is 0 Å². The Balaban J connectivity index is 0.936. The third kappa shape index (κ3) is 5.15. The van der Waals surface area contributed by atoms with Crippen molar-refractivity contribution in [2.24, 2.45) is 0 Å². The molecule has 15 aromatic rings. The monoisotopic (exact) mass is 904 g/mol. The van der Waals surface area contributed by atoms with E-state index in [1.807, 2.05) is 0 Å². The average molecular weight is 905 g/mol. The largest absolute Gasteiger partial charge is 0.0616 e. The molecule has 0 radical (unpaired) electrons. The number of hydrogen-bond donors (Lipinski definition) is 0. The van der Waals surface area contributed by atoms with Crippen LogP contribution in [0.4, 0.5) is 0 Å². The van der Waals surface area contributed by atoms with E-state index in [1.165, 1.54) is 175 Å². The molecule has 0 bridgehead atoms. The van der Waals surface area contributed by atoms with Crippen LogP contribution in [0.2, 0.25) is 0 Å². The summed E-state index contributed by atoms with van der Waals surface area (Å²) in [6.07, 6.45) is 0. The quantitative estimate of drug-likeness (QED) is 0.122. The Bertz CT molecular complexity index is 4300. The number of fused-ring (bicyclic) bond motifs is 12. The van der Waals surface area contributed by atoms with Crippen LogP contribution in [0.3, 0.4) is 0 Å². The summed E-state index contributed by atoms with van der Waals surface area (Å²) < 4.78 is 0. The van der Waals surface area contributed by atoms with Crippen molar-refractivity contribution in [1.29, 1.82) is 0 Å². The first-order valence-corrected chi connectivity index (χ1v) is 25.2. The van der Waals surface area contributed by atoms with E-state index in [1.54, 1.807) is 0 Å². The third-order valence-corrected chi connectivity index (χ3v) is 16.6. The molecule has 0 amide bonds. The first kappa shape index (κ1) is 38.5. The molecule has 0 saturated heterocycles. The Morgan fingerprint density at radius 3 is 0.625 bits per heavy atom. The van der Waals surface area contributed by atoms with Crippen molar-refractivity contribution >= 4 is 86.2 Å². The van der Waals surface area contributed by atoms with Gasteiger partial charge in [0, 0.05) is 0 Å². The minimum absolute atomic E-state index is 1.24. The number of hydrogen-bond acceptors (Lipinski definition) is 0. The molecule has 15 aromatic carbocycles. The van der Waals surface area contributed by atoms with Crippen molar-refractivity contribution in [3.63, 3.8) is 0 Å². The van der Waals surface area contributed by atoms with Crippen molar-refractivity contribution in [2.45, 2.75) is 0 Å². The maximum absolute atomic E-state index is 2.45. The standard InChI is InChI=1S/C72H40/c1-5-13-45-37-49(21-17-41(45)9-1)53-25-26-54(50-22-18-42-10-2-6-14-46(42)38-50)66-62-34-30-58-60-32-36-64-68-56(52-24-20-44-12-4-8-16-48(44)40-52)28-27-55(51-23-19-43-11-3-7-15-47(43)39-51)67(68)63-35-31-59(70(60)72(63)64)57-29-33-61(65(53)66)71(62)69(57)58/h1-40H. The molecule has 0 heteroatoms. The minimum atomic E-state index is 1.24. The topological polar surface area (TPSA) is 0 Å². The molecule has 2 aliphatic carbocycles. The van der Waals surface area contributed by atoms with Crippen LogP contribution in [0.15, 0.2) is 243 Å².